The van der Waals surface area contributed by atoms with Crippen LogP contribution in [0.5, 0.6) is 0 Å². The summed E-state index contributed by atoms with van der Waals surface area (Å²) in [6.07, 6.45) is 14.0. The van der Waals surface area contributed by atoms with Gasteiger partial charge in [0.1, 0.15) is 0 Å². The predicted molar refractivity (Wildman–Crippen MR) is 116 cm³/mol. The second-order valence-corrected chi connectivity index (χ2v) is 8.58. The third-order valence-electron chi connectivity index (χ3n) is 6.77. The van der Waals surface area contributed by atoms with Crippen molar-refractivity contribution >= 4 is 17.1 Å². The minimum absolute atomic E-state index is 0.608. The van der Waals surface area contributed by atoms with E-state index in [0.717, 1.165) is 17.5 Å². The first-order valence-electron chi connectivity index (χ1n) is 11.0. The van der Waals surface area contributed by atoms with Gasteiger partial charge < -0.3 is 10.6 Å². The van der Waals surface area contributed by atoms with E-state index in [1.165, 1.54) is 75.6 Å². The van der Waals surface area contributed by atoms with Gasteiger partial charge in [0, 0.05) is 23.1 Å². The lowest BCUT2D eigenvalue weighted by atomic mass is 9.72. The van der Waals surface area contributed by atoms with Crippen LogP contribution in [0.1, 0.15) is 64.2 Å². The topological polar surface area (TPSA) is 29.3 Å². The second-order valence-electron chi connectivity index (χ2n) is 8.58. The van der Waals surface area contributed by atoms with Crippen molar-refractivity contribution in [2.24, 2.45) is 11.8 Å². The average Bonchev–Trinajstić information content (AvgIpc) is 2.75. The van der Waals surface area contributed by atoms with Crippen LogP contribution < -0.4 is 10.6 Å². The fourth-order valence-corrected chi connectivity index (χ4v) is 5.47. The van der Waals surface area contributed by atoms with E-state index in [1.807, 2.05) is 0 Å². The lowest BCUT2D eigenvalue weighted by molar-refractivity contribution is 0.204. The molecule has 0 bridgehead atoms. The van der Waals surface area contributed by atoms with E-state index in [2.05, 4.69) is 59.5 Å². The normalized spacial score (nSPS) is 19.3. The lowest BCUT2D eigenvalue weighted by Gasteiger charge is -2.45. The van der Waals surface area contributed by atoms with Crippen LogP contribution in [0.25, 0.3) is 0 Å². The summed E-state index contributed by atoms with van der Waals surface area (Å²) < 4.78 is 0. The quantitative estimate of drug-likeness (QED) is 0.584. The summed E-state index contributed by atoms with van der Waals surface area (Å²) in [6.45, 7) is 0. The molecule has 0 atom stereocenters. The molecule has 2 heteroatoms. The van der Waals surface area contributed by atoms with E-state index in [-0.39, 0.29) is 0 Å². The predicted octanol–water partition coefficient (Wildman–Crippen LogP) is 6.94. The van der Waals surface area contributed by atoms with Crippen LogP contribution in [0.15, 0.2) is 54.6 Å². The molecule has 0 radical (unpaired) electrons. The zero-order chi connectivity index (χ0) is 18.5. The van der Waals surface area contributed by atoms with Crippen LogP contribution in [-0.4, -0.2) is 6.04 Å². The highest BCUT2D eigenvalue weighted by molar-refractivity contribution is 5.66. The van der Waals surface area contributed by atoms with E-state index in [0.29, 0.717) is 6.04 Å². The molecule has 2 aliphatic rings. The van der Waals surface area contributed by atoms with E-state index in [9.17, 15) is 0 Å². The third kappa shape index (κ3) is 4.31. The number of hydrogen-bond acceptors (Lipinski definition) is 2. The molecule has 27 heavy (non-hydrogen) atoms. The van der Waals surface area contributed by atoms with Crippen LogP contribution in [0.2, 0.25) is 0 Å². The largest absolute Gasteiger partial charge is 0.399 e. The van der Waals surface area contributed by atoms with E-state index >= 15 is 0 Å². The maximum Gasteiger partial charge on any atom is 0.0415 e. The van der Waals surface area contributed by atoms with Gasteiger partial charge in [0.15, 0.2) is 0 Å². The molecule has 2 saturated carbocycles. The Labute approximate surface area is 164 Å². The summed E-state index contributed by atoms with van der Waals surface area (Å²) in [5.41, 5.74) is 9.49. The number of rotatable bonds is 5. The van der Waals surface area contributed by atoms with Crippen LogP contribution >= 0.6 is 0 Å². The Balaban J connectivity index is 1.75. The Morgan fingerprint density at radius 1 is 0.630 bits per heavy atom. The highest BCUT2D eigenvalue weighted by Crippen LogP contribution is 2.43. The summed E-state index contributed by atoms with van der Waals surface area (Å²) in [5, 5.41) is 0. The third-order valence-corrected chi connectivity index (χ3v) is 6.77. The van der Waals surface area contributed by atoms with Gasteiger partial charge in [-0.2, -0.15) is 0 Å². The van der Waals surface area contributed by atoms with Gasteiger partial charge in [0.05, 0.1) is 0 Å². The second kappa shape index (κ2) is 8.82. The summed E-state index contributed by atoms with van der Waals surface area (Å²) in [7, 11) is 0. The molecule has 2 aromatic carbocycles. The van der Waals surface area contributed by atoms with Gasteiger partial charge in [-0.15, -0.1) is 0 Å². The summed E-state index contributed by atoms with van der Waals surface area (Å²) >= 11 is 0. The van der Waals surface area contributed by atoms with Gasteiger partial charge >= 0.3 is 0 Å². The number of benzene rings is 2. The standard InChI is InChI=1S/C25H34N2/c26-22-16-18-24(19-17-22)27(23-14-8-3-9-15-23)25(20-10-4-1-5-11-20)21-12-6-2-7-13-21/h3,8-9,14-21,25H,1-2,4-7,10-13,26H2. The Bertz CT molecular complexity index is 664. The fourth-order valence-electron chi connectivity index (χ4n) is 5.47. The van der Waals surface area contributed by atoms with Gasteiger partial charge in [-0.05, 0) is 73.9 Å². The maximum absolute atomic E-state index is 6.01. The van der Waals surface area contributed by atoms with Gasteiger partial charge in [-0.25, -0.2) is 0 Å². The van der Waals surface area contributed by atoms with Crippen molar-refractivity contribution in [2.75, 3.05) is 10.6 Å². The van der Waals surface area contributed by atoms with Crippen molar-refractivity contribution in [2.45, 2.75) is 70.3 Å². The van der Waals surface area contributed by atoms with Crippen LogP contribution in [-0.2, 0) is 0 Å². The zero-order valence-corrected chi connectivity index (χ0v) is 16.5. The van der Waals surface area contributed by atoms with Gasteiger partial charge in [0.25, 0.3) is 0 Å². The van der Waals surface area contributed by atoms with Gasteiger partial charge in [-0.3, -0.25) is 0 Å². The highest BCUT2D eigenvalue weighted by Gasteiger charge is 2.36. The molecule has 0 saturated heterocycles. The van der Waals surface area contributed by atoms with Crippen molar-refractivity contribution in [1.29, 1.82) is 0 Å². The molecule has 2 aliphatic carbocycles. The molecule has 0 heterocycles. The molecule has 144 valence electrons. The number of para-hydroxylation sites is 1. The molecule has 0 aliphatic heterocycles. The van der Waals surface area contributed by atoms with E-state index < -0.39 is 0 Å². The minimum Gasteiger partial charge on any atom is -0.399 e. The van der Waals surface area contributed by atoms with Crippen LogP contribution in [0.4, 0.5) is 17.1 Å². The van der Waals surface area contributed by atoms with Crippen molar-refractivity contribution < 1.29 is 0 Å². The number of nitrogen functional groups attached to an aromatic ring is 1. The Morgan fingerprint density at radius 3 is 1.63 bits per heavy atom. The molecule has 2 fully saturated rings. The molecule has 0 spiro atoms. The first kappa shape index (κ1) is 18.4. The zero-order valence-electron chi connectivity index (χ0n) is 16.5. The van der Waals surface area contributed by atoms with Crippen LogP contribution in [0, 0.1) is 11.8 Å². The number of anilines is 3. The first-order chi connectivity index (χ1) is 13.3. The SMILES string of the molecule is Nc1ccc(N(c2ccccc2)C(C2CCCCC2)C2CCCCC2)cc1. The highest BCUT2D eigenvalue weighted by atomic mass is 15.2. The van der Waals surface area contributed by atoms with E-state index in [1.54, 1.807) is 0 Å². The molecule has 2 nitrogen and oxygen atoms in total. The smallest absolute Gasteiger partial charge is 0.0415 e. The molecule has 4 rings (SSSR count). The first-order valence-corrected chi connectivity index (χ1v) is 11.0. The molecule has 0 unspecified atom stereocenters. The number of nitrogens with zero attached hydrogens (tertiary/aromatic N) is 1. The Morgan fingerprint density at radius 2 is 1.11 bits per heavy atom. The molecule has 0 aromatic heterocycles. The maximum atomic E-state index is 6.01. The fraction of sp³-hybridized carbons (Fsp3) is 0.520. The van der Waals surface area contributed by atoms with Crippen LogP contribution in [0.3, 0.4) is 0 Å². The number of hydrogen-bond donors (Lipinski definition) is 1. The Hall–Kier alpha value is -1.96. The van der Waals surface area contributed by atoms with E-state index in [4.69, 9.17) is 5.73 Å². The minimum atomic E-state index is 0.608. The molecular formula is C25H34N2. The number of nitrogens with two attached hydrogens (primary N) is 1. The molecule has 2 N–H and O–H groups in total. The van der Waals surface area contributed by atoms with Crippen molar-refractivity contribution in [1.82, 2.24) is 0 Å². The van der Waals surface area contributed by atoms with Gasteiger partial charge in [0.2, 0.25) is 0 Å². The summed E-state index contributed by atoms with van der Waals surface area (Å²) in [5.74, 6) is 1.61. The molecular weight excluding hydrogens is 328 g/mol. The average molecular weight is 363 g/mol. The molecule has 2 aromatic rings. The van der Waals surface area contributed by atoms with Gasteiger partial charge in [-0.1, -0.05) is 56.7 Å². The lowest BCUT2D eigenvalue weighted by Crippen LogP contribution is -2.45. The monoisotopic (exact) mass is 362 g/mol. The molecule has 0 amide bonds. The Kier molecular flexibility index (Phi) is 6.01. The van der Waals surface area contributed by atoms with Crippen molar-refractivity contribution in [3.63, 3.8) is 0 Å². The summed E-state index contributed by atoms with van der Waals surface area (Å²) in [4.78, 5) is 2.67. The van der Waals surface area contributed by atoms with Crippen molar-refractivity contribution in [3.8, 4) is 0 Å². The summed E-state index contributed by atoms with van der Waals surface area (Å²) in [6, 6.07) is 20.2. The van der Waals surface area contributed by atoms with Crippen molar-refractivity contribution in [3.05, 3.63) is 54.6 Å².